The lowest BCUT2D eigenvalue weighted by atomic mass is 9.98. The summed E-state index contributed by atoms with van der Waals surface area (Å²) in [6, 6.07) is 0. The summed E-state index contributed by atoms with van der Waals surface area (Å²) in [5.74, 6) is 0.182. The molecule has 0 amide bonds. The van der Waals surface area contributed by atoms with E-state index in [-0.39, 0.29) is 5.78 Å². The molecule has 2 nitrogen and oxygen atoms in total. The largest absolute Gasteiger partial charge is 0.387 e. The van der Waals surface area contributed by atoms with Gasteiger partial charge in [0.05, 0.1) is 0 Å². The minimum atomic E-state index is 0.182. The molecule has 2 heteroatoms. The van der Waals surface area contributed by atoms with Gasteiger partial charge >= 0.3 is 0 Å². The lowest BCUT2D eigenvalue weighted by Gasteiger charge is -2.09. The van der Waals surface area contributed by atoms with Crippen molar-refractivity contribution in [3.05, 3.63) is 77.8 Å². The molecule has 1 N–H and O–H groups in total. The zero-order valence-electron chi connectivity index (χ0n) is 14.3. The van der Waals surface area contributed by atoms with Gasteiger partial charge in [-0.3, -0.25) is 4.79 Å². The molecule has 0 aliphatic carbocycles. The SMILES string of the molecule is C=C1C=C=C/C=C\CNC=C1CCC(=O)C(/C=C\CC)=C/CC. The zero-order valence-corrected chi connectivity index (χ0v) is 14.3. The van der Waals surface area contributed by atoms with Crippen molar-refractivity contribution >= 4 is 5.78 Å². The Morgan fingerprint density at radius 3 is 2.96 bits per heavy atom. The van der Waals surface area contributed by atoms with Crippen LogP contribution in [0.1, 0.15) is 39.5 Å². The van der Waals surface area contributed by atoms with Crippen LogP contribution in [0, 0.1) is 0 Å². The molecule has 0 aromatic rings. The first-order valence-corrected chi connectivity index (χ1v) is 8.28. The maximum Gasteiger partial charge on any atom is 0.162 e. The lowest BCUT2D eigenvalue weighted by Crippen LogP contribution is -2.08. The fourth-order valence-electron chi connectivity index (χ4n) is 2.14. The number of Topliss-reactive ketones (excluding diaryl/α,β-unsaturated/α-hetero) is 1. The van der Waals surface area contributed by atoms with Crippen LogP contribution in [0.25, 0.3) is 0 Å². The van der Waals surface area contributed by atoms with Gasteiger partial charge in [0.15, 0.2) is 5.78 Å². The van der Waals surface area contributed by atoms with E-state index in [4.69, 9.17) is 0 Å². The Morgan fingerprint density at radius 1 is 1.39 bits per heavy atom. The van der Waals surface area contributed by atoms with Crippen molar-refractivity contribution in [2.75, 3.05) is 6.54 Å². The topological polar surface area (TPSA) is 29.1 Å². The summed E-state index contributed by atoms with van der Waals surface area (Å²) in [4.78, 5) is 12.4. The predicted molar refractivity (Wildman–Crippen MR) is 99.1 cm³/mol. The summed E-state index contributed by atoms with van der Waals surface area (Å²) in [5, 5.41) is 3.23. The standard InChI is InChI=1S/C21H27NO/c1-4-6-13-19(11-5-2)21(23)15-14-20-17-22-16-10-8-7-9-12-18(20)3/h6-8,10-13,17,22H,3-5,14-16H2,1-2H3/b10-8-,13-6-,19-11+,20-17?. The molecule has 0 saturated heterocycles. The van der Waals surface area contributed by atoms with Gasteiger partial charge in [0.25, 0.3) is 0 Å². The van der Waals surface area contributed by atoms with Gasteiger partial charge < -0.3 is 5.32 Å². The highest BCUT2D eigenvalue weighted by Crippen LogP contribution is 2.17. The van der Waals surface area contributed by atoms with Gasteiger partial charge in [-0.2, -0.15) is 0 Å². The van der Waals surface area contributed by atoms with Gasteiger partial charge in [0.1, 0.15) is 0 Å². The number of carbonyl (C=O) groups is 1. The number of hydrogen-bond donors (Lipinski definition) is 1. The fraction of sp³-hybridized carbons (Fsp3) is 0.333. The molecule has 0 saturated carbocycles. The Balaban J connectivity index is 2.75. The molecule has 1 heterocycles. The van der Waals surface area contributed by atoms with E-state index >= 15 is 0 Å². The molecule has 23 heavy (non-hydrogen) atoms. The van der Waals surface area contributed by atoms with Crippen molar-refractivity contribution in [3.8, 4) is 0 Å². The van der Waals surface area contributed by atoms with E-state index in [0.29, 0.717) is 12.8 Å². The zero-order chi connectivity index (χ0) is 16.9. The monoisotopic (exact) mass is 309 g/mol. The van der Waals surface area contributed by atoms with Crippen LogP contribution in [0.2, 0.25) is 0 Å². The quantitative estimate of drug-likeness (QED) is 0.409. The Kier molecular flexibility index (Phi) is 9.19. The van der Waals surface area contributed by atoms with Crippen LogP contribution in [0.5, 0.6) is 0 Å². The van der Waals surface area contributed by atoms with E-state index in [1.807, 2.05) is 55.7 Å². The van der Waals surface area contributed by atoms with Gasteiger partial charge in [-0.25, -0.2) is 0 Å². The average Bonchev–Trinajstić information content (AvgIpc) is 2.56. The summed E-state index contributed by atoms with van der Waals surface area (Å²) < 4.78 is 0. The summed E-state index contributed by atoms with van der Waals surface area (Å²) >= 11 is 0. The van der Waals surface area contributed by atoms with E-state index in [9.17, 15) is 4.79 Å². The van der Waals surface area contributed by atoms with Gasteiger partial charge in [-0.15, -0.1) is 5.73 Å². The minimum Gasteiger partial charge on any atom is -0.387 e. The minimum absolute atomic E-state index is 0.182. The molecular formula is C21H27NO. The van der Waals surface area contributed by atoms with Crippen molar-refractivity contribution in [1.29, 1.82) is 0 Å². The van der Waals surface area contributed by atoms with E-state index in [0.717, 1.165) is 36.1 Å². The Morgan fingerprint density at radius 2 is 2.22 bits per heavy atom. The number of nitrogens with one attached hydrogen (secondary N) is 1. The summed E-state index contributed by atoms with van der Waals surface area (Å²) in [6.45, 7) is 8.94. The third-order valence-electron chi connectivity index (χ3n) is 3.41. The summed E-state index contributed by atoms with van der Waals surface area (Å²) in [7, 11) is 0. The maximum absolute atomic E-state index is 12.4. The molecular weight excluding hydrogens is 282 g/mol. The molecule has 1 rings (SSSR count). The molecule has 0 atom stereocenters. The average molecular weight is 309 g/mol. The Bertz CT molecular complexity index is 593. The number of hydrogen-bond acceptors (Lipinski definition) is 2. The summed E-state index contributed by atoms with van der Waals surface area (Å²) in [5.41, 5.74) is 5.83. The first kappa shape index (κ1) is 18.7. The van der Waals surface area contributed by atoms with Crippen LogP contribution in [0.4, 0.5) is 0 Å². The molecule has 0 radical (unpaired) electrons. The van der Waals surface area contributed by atoms with Crippen molar-refractivity contribution in [2.45, 2.75) is 39.5 Å². The second-order valence-electron chi connectivity index (χ2n) is 5.31. The van der Waals surface area contributed by atoms with Crippen LogP contribution in [0.15, 0.2) is 77.8 Å². The maximum atomic E-state index is 12.4. The van der Waals surface area contributed by atoms with Crippen LogP contribution in [-0.4, -0.2) is 12.3 Å². The molecule has 1 aliphatic heterocycles. The number of carbonyl (C=O) groups excluding carboxylic acids is 1. The van der Waals surface area contributed by atoms with Crippen molar-refractivity contribution in [3.63, 3.8) is 0 Å². The first-order chi connectivity index (χ1) is 11.2. The number of rotatable bonds is 7. The van der Waals surface area contributed by atoms with E-state index in [2.05, 4.69) is 24.6 Å². The van der Waals surface area contributed by atoms with Crippen LogP contribution < -0.4 is 5.32 Å². The number of ketones is 1. The van der Waals surface area contributed by atoms with E-state index in [1.54, 1.807) is 0 Å². The van der Waals surface area contributed by atoms with Crippen LogP contribution >= 0.6 is 0 Å². The third kappa shape index (κ3) is 7.49. The molecule has 0 aromatic heterocycles. The fourth-order valence-corrected chi connectivity index (χ4v) is 2.14. The van der Waals surface area contributed by atoms with Gasteiger partial charge in [-0.05, 0) is 42.6 Å². The highest BCUT2D eigenvalue weighted by Gasteiger charge is 2.09. The van der Waals surface area contributed by atoms with Crippen molar-refractivity contribution < 1.29 is 4.79 Å². The molecule has 122 valence electrons. The molecule has 0 fully saturated rings. The Hall–Kier alpha value is -2.31. The van der Waals surface area contributed by atoms with E-state index < -0.39 is 0 Å². The van der Waals surface area contributed by atoms with Crippen LogP contribution in [-0.2, 0) is 4.79 Å². The first-order valence-electron chi connectivity index (χ1n) is 8.28. The summed E-state index contributed by atoms with van der Waals surface area (Å²) in [6.07, 6.45) is 18.6. The second kappa shape index (κ2) is 11.3. The van der Waals surface area contributed by atoms with Crippen LogP contribution in [0.3, 0.4) is 0 Å². The molecule has 0 unspecified atom stereocenters. The van der Waals surface area contributed by atoms with E-state index in [1.165, 1.54) is 0 Å². The van der Waals surface area contributed by atoms with Gasteiger partial charge in [0, 0.05) is 24.7 Å². The molecule has 1 aliphatic rings. The second-order valence-corrected chi connectivity index (χ2v) is 5.31. The van der Waals surface area contributed by atoms with Crippen molar-refractivity contribution in [1.82, 2.24) is 5.32 Å². The third-order valence-corrected chi connectivity index (χ3v) is 3.41. The van der Waals surface area contributed by atoms with Gasteiger partial charge in [0.2, 0.25) is 0 Å². The normalized spacial score (nSPS) is 17.0. The number of allylic oxidation sites excluding steroid dienone is 8. The highest BCUT2D eigenvalue weighted by atomic mass is 16.1. The molecule has 0 spiro atoms. The predicted octanol–water partition coefficient (Wildman–Crippen LogP) is 4.95. The molecule has 0 bridgehead atoms. The van der Waals surface area contributed by atoms with Gasteiger partial charge in [-0.1, -0.05) is 50.8 Å². The lowest BCUT2D eigenvalue weighted by molar-refractivity contribution is -0.115. The smallest absolute Gasteiger partial charge is 0.162 e. The Labute approximate surface area is 140 Å². The van der Waals surface area contributed by atoms with Crippen molar-refractivity contribution in [2.24, 2.45) is 0 Å². The molecule has 0 aromatic carbocycles. The highest BCUT2D eigenvalue weighted by molar-refractivity contribution is 5.98.